The van der Waals surface area contributed by atoms with Gasteiger partial charge in [-0.25, -0.2) is 4.39 Å². The van der Waals surface area contributed by atoms with Crippen molar-refractivity contribution in [3.8, 4) is 5.75 Å². The number of halogens is 2. The molecular weight excluding hydrogens is 385 g/mol. The molecule has 1 unspecified atom stereocenters. The van der Waals surface area contributed by atoms with Crippen molar-refractivity contribution in [2.75, 3.05) is 13.2 Å². The Balaban J connectivity index is 1.24. The summed E-state index contributed by atoms with van der Waals surface area (Å²) in [5, 5.41) is 9.55. The summed E-state index contributed by atoms with van der Waals surface area (Å²) >= 11 is 5.64. The molecule has 0 aromatic heterocycles. The highest BCUT2D eigenvalue weighted by atomic mass is 35.5. The fraction of sp³-hybridized carbons (Fsp3) is 0.600. The van der Waals surface area contributed by atoms with Crippen LogP contribution in [0, 0.1) is 5.82 Å². The average molecular weight is 410 g/mol. The SMILES string of the molecule is O=C(COc1ccc(Cl)c(F)c1)NC12CCC(NC(=O)C3CCCCN3)(C1)C2. The van der Waals surface area contributed by atoms with Crippen molar-refractivity contribution in [1.82, 2.24) is 16.0 Å². The summed E-state index contributed by atoms with van der Waals surface area (Å²) in [6.45, 7) is 0.705. The first-order valence-corrected chi connectivity index (χ1v) is 10.2. The van der Waals surface area contributed by atoms with E-state index in [4.69, 9.17) is 16.3 Å². The second-order valence-electron chi connectivity index (χ2n) is 8.32. The van der Waals surface area contributed by atoms with Crippen LogP contribution in [0.4, 0.5) is 4.39 Å². The van der Waals surface area contributed by atoms with Gasteiger partial charge in [0.05, 0.1) is 11.1 Å². The maximum Gasteiger partial charge on any atom is 0.258 e. The van der Waals surface area contributed by atoms with Crippen molar-refractivity contribution in [2.24, 2.45) is 0 Å². The van der Waals surface area contributed by atoms with Gasteiger partial charge in [-0.15, -0.1) is 0 Å². The number of nitrogens with one attached hydrogen (secondary N) is 3. The van der Waals surface area contributed by atoms with Crippen LogP contribution < -0.4 is 20.7 Å². The number of hydrogen-bond acceptors (Lipinski definition) is 4. The molecule has 1 saturated heterocycles. The van der Waals surface area contributed by atoms with E-state index in [2.05, 4.69) is 16.0 Å². The molecule has 3 N–H and O–H groups in total. The monoisotopic (exact) mass is 409 g/mol. The summed E-state index contributed by atoms with van der Waals surface area (Å²) in [6.07, 6.45) is 6.29. The smallest absolute Gasteiger partial charge is 0.258 e. The van der Waals surface area contributed by atoms with Crippen LogP contribution in [0.5, 0.6) is 5.75 Å². The molecule has 2 amide bonds. The fourth-order valence-corrected chi connectivity index (χ4v) is 4.97. The van der Waals surface area contributed by atoms with Gasteiger partial charge in [0.25, 0.3) is 5.91 Å². The summed E-state index contributed by atoms with van der Waals surface area (Å²) in [5.74, 6) is -0.488. The molecule has 28 heavy (non-hydrogen) atoms. The van der Waals surface area contributed by atoms with Crippen LogP contribution in [0.3, 0.4) is 0 Å². The van der Waals surface area contributed by atoms with Crippen LogP contribution in [-0.2, 0) is 9.59 Å². The molecule has 2 bridgehead atoms. The average Bonchev–Trinajstić information content (AvgIpc) is 3.18. The minimum absolute atomic E-state index is 0.0120. The highest BCUT2D eigenvalue weighted by Crippen LogP contribution is 2.55. The number of benzene rings is 1. The fourth-order valence-electron chi connectivity index (χ4n) is 4.85. The van der Waals surface area contributed by atoms with E-state index in [1.807, 2.05) is 0 Å². The van der Waals surface area contributed by atoms with Gasteiger partial charge in [0, 0.05) is 17.1 Å². The van der Waals surface area contributed by atoms with E-state index in [0.717, 1.165) is 57.6 Å². The normalized spacial score (nSPS) is 31.0. The largest absolute Gasteiger partial charge is 0.484 e. The third-order valence-corrected chi connectivity index (χ3v) is 6.42. The molecule has 5 rings (SSSR count). The summed E-state index contributed by atoms with van der Waals surface area (Å²) in [7, 11) is 0. The zero-order chi connectivity index (χ0) is 19.8. The minimum Gasteiger partial charge on any atom is -0.484 e. The number of hydrogen-bond donors (Lipinski definition) is 3. The van der Waals surface area contributed by atoms with E-state index >= 15 is 0 Å². The molecule has 3 aliphatic carbocycles. The molecule has 4 aliphatic rings. The second-order valence-corrected chi connectivity index (χ2v) is 8.73. The van der Waals surface area contributed by atoms with Crippen LogP contribution in [0.15, 0.2) is 18.2 Å². The lowest BCUT2D eigenvalue weighted by atomic mass is 9.71. The van der Waals surface area contributed by atoms with E-state index in [-0.39, 0.29) is 46.3 Å². The molecule has 1 atom stereocenters. The number of ether oxygens (including phenoxy) is 1. The standard InChI is InChI=1S/C20H25ClFN3O3/c21-14-5-4-13(9-15(14)22)28-10-17(26)24-19-6-7-20(11-19,12-19)25-18(27)16-3-1-2-8-23-16/h4-5,9,16,23H,1-3,6-8,10-12H2,(H,24,26)(H,25,27). The zero-order valence-corrected chi connectivity index (χ0v) is 16.4. The molecule has 1 aliphatic heterocycles. The van der Waals surface area contributed by atoms with Crippen LogP contribution in [0.25, 0.3) is 0 Å². The van der Waals surface area contributed by atoms with Gasteiger partial charge in [-0.1, -0.05) is 18.0 Å². The van der Waals surface area contributed by atoms with Gasteiger partial charge in [0.2, 0.25) is 5.91 Å². The van der Waals surface area contributed by atoms with Crippen molar-refractivity contribution in [2.45, 2.75) is 62.1 Å². The Bertz CT molecular complexity index is 776. The van der Waals surface area contributed by atoms with Crippen LogP contribution >= 0.6 is 11.6 Å². The maximum absolute atomic E-state index is 13.4. The lowest BCUT2D eigenvalue weighted by Gasteiger charge is -2.48. The van der Waals surface area contributed by atoms with Crippen molar-refractivity contribution in [1.29, 1.82) is 0 Å². The predicted octanol–water partition coefficient (Wildman–Crippen LogP) is 2.30. The molecule has 1 aromatic carbocycles. The molecule has 0 spiro atoms. The first kappa shape index (κ1) is 19.5. The predicted molar refractivity (Wildman–Crippen MR) is 103 cm³/mol. The number of piperidine rings is 1. The van der Waals surface area contributed by atoms with Gasteiger partial charge >= 0.3 is 0 Å². The van der Waals surface area contributed by atoms with Gasteiger partial charge in [-0.05, 0) is 57.2 Å². The second kappa shape index (κ2) is 7.52. The molecular formula is C20H25ClFN3O3. The maximum atomic E-state index is 13.4. The van der Waals surface area contributed by atoms with Gasteiger partial charge in [-0.3, -0.25) is 9.59 Å². The number of carbonyl (C=O) groups is 2. The molecule has 0 radical (unpaired) electrons. The highest BCUT2D eigenvalue weighted by Gasteiger charge is 2.62. The Morgan fingerprint density at radius 3 is 2.64 bits per heavy atom. The number of amides is 2. The Kier molecular flexibility index (Phi) is 5.22. The Hall–Kier alpha value is -1.86. The van der Waals surface area contributed by atoms with Crippen molar-refractivity contribution in [3.05, 3.63) is 29.0 Å². The van der Waals surface area contributed by atoms with Gasteiger partial charge in [0.15, 0.2) is 6.61 Å². The first-order chi connectivity index (χ1) is 13.4. The molecule has 1 heterocycles. The third-order valence-electron chi connectivity index (χ3n) is 6.12. The Morgan fingerprint density at radius 2 is 1.96 bits per heavy atom. The van der Waals surface area contributed by atoms with Crippen molar-refractivity contribution < 1.29 is 18.7 Å². The van der Waals surface area contributed by atoms with Crippen LogP contribution in [0.2, 0.25) is 5.02 Å². The van der Waals surface area contributed by atoms with Crippen LogP contribution in [0.1, 0.15) is 44.9 Å². The van der Waals surface area contributed by atoms with E-state index in [1.165, 1.54) is 12.1 Å². The Labute approximate surface area is 168 Å². The topological polar surface area (TPSA) is 79.5 Å². The zero-order valence-electron chi connectivity index (χ0n) is 15.7. The number of fused-ring (bicyclic) bond motifs is 1. The lowest BCUT2D eigenvalue weighted by molar-refractivity contribution is -0.128. The van der Waals surface area contributed by atoms with E-state index in [0.29, 0.717) is 0 Å². The van der Waals surface area contributed by atoms with Crippen molar-refractivity contribution in [3.63, 3.8) is 0 Å². The highest BCUT2D eigenvalue weighted by molar-refractivity contribution is 6.30. The molecule has 8 heteroatoms. The summed E-state index contributed by atoms with van der Waals surface area (Å²) < 4.78 is 18.8. The molecule has 3 saturated carbocycles. The Morgan fingerprint density at radius 1 is 1.21 bits per heavy atom. The molecule has 1 aromatic rings. The number of rotatable bonds is 6. The van der Waals surface area contributed by atoms with E-state index in [9.17, 15) is 14.0 Å². The van der Waals surface area contributed by atoms with Gasteiger partial charge in [0.1, 0.15) is 11.6 Å². The summed E-state index contributed by atoms with van der Waals surface area (Å²) in [5.41, 5.74) is -0.456. The van der Waals surface area contributed by atoms with Crippen LogP contribution in [-0.4, -0.2) is 42.1 Å². The van der Waals surface area contributed by atoms with E-state index < -0.39 is 5.82 Å². The molecule has 152 valence electrons. The quantitative estimate of drug-likeness (QED) is 0.673. The van der Waals surface area contributed by atoms with Gasteiger partial charge < -0.3 is 20.7 Å². The lowest BCUT2D eigenvalue weighted by Crippen LogP contribution is -2.66. The molecule has 6 nitrogen and oxygen atoms in total. The first-order valence-electron chi connectivity index (χ1n) is 9.83. The summed E-state index contributed by atoms with van der Waals surface area (Å²) in [4.78, 5) is 24.8. The van der Waals surface area contributed by atoms with E-state index in [1.54, 1.807) is 0 Å². The minimum atomic E-state index is -0.582. The molecule has 4 fully saturated rings. The number of carbonyl (C=O) groups excluding carboxylic acids is 2. The van der Waals surface area contributed by atoms with Crippen molar-refractivity contribution >= 4 is 23.4 Å². The summed E-state index contributed by atoms with van der Waals surface area (Å²) in [6, 6.07) is 3.98. The van der Waals surface area contributed by atoms with Gasteiger partial charge in [-0.2, -0.15) is 0 Å². The third kappa shape index (κ3) is 3.96.